The number of H-pyrrole nitrogens is 2. The fourth-order valence-electron chi connectivity index (χ4n) is 2.80. The van der Waals surface area contributed by atoms with Crippen molar-refractivity contribution >= 4 is 38.3 Å². The molecule has 122 valence electrons. The normalized spacial score (nSPS) is 11.1. The monoisotopic (exact) mass is 386 g/mol. The molecular weight excluding hydrogens is 372 g/mol. The Balaban J connectivity index is 1.78. The number of halogens is 1. The Kier molecular flexibility index (Phi) is 3.57. The molecule has 0 unspecified atom stereocenters. The lowest BCUT2D eigenvalue weighted by Gasteiger charge is -2.07. The molecule has 2 heterocycles. The minimum atomic E-state index is 0.705. The van der Waals surface area contributed by atoms with E-state index in [1.54, 1.807) is 20.4 Å². The third-order valence-electron chi connectivity index (χ3n) is 3.96. The van der Waals surface area contributed by atoms with Gasteiger partial charge < -0.3 is 14.8 Å². The van der Waals surface area contributed by atoms with Crippen molar-refractivity contribution in [3.05, 3.63) is 41.0 Å². The van der Waals surface area contributed by atoms with Crippen molar-refractivity contribution in [2.45, 2.75) is 0 Å². The summed E-state index contributed by atoms with van der Waals surface area (Å²) in [7, 11) is 3.27. The Hall–Kier alpha value is -2.67. The summed E-state index contributed by atoms with van der Waals surface area (Å²) in [5.74, 6) is 3.03. The summed E-state index contributed by atoms with van der Waals surface area (Å²) < 4.78 is 11.7. The summed E-state index contributed by atoms with van der Waals surface area (Å²) in [6, 6.07) is 9.90. The van der Waals surface area contributed by atoms with Gasteiger partial charge in [0.25, 0.3) is 0 Å². The Morgan fingerprint density at radius 2 is 1.83 bits per heavy atom. The Bertz CT molecular complexity index is 974. The zero-order valence-corrected chi connectivity index (χ0v) is 14.7. The number of rotatable bonds is 4. The number of hydrogen-bond donors (Lipinski definition) is 3. The lowest BCUT2D eigenvalue weighted by atomic mass is 10.2. The molecule has 1 aliphatic carbocycles. The largest absolute Gasteiger partial charge is 0.493 e. The van der Waals surface area contributed by atoms with Gasteiger partial charge in [0.05, 0.1) is 19.9 Å². The van der Waals surface area contributed by atoms with Gasteiger partial charge in [0.2, 0.25) is 0 Å². The molecule has 0 amide bonds. The standard InChI is InChI=1S/C17H15BrN4O2/c1-23-13-6-9-5-12-16(11(9)7-14(13)24-2)21-22-17(12)20-15-4-3-10(18)8-19-15/h3-8,21-22H,1-2H3,(H,19,20). The number of methoxy groups -OCH3 is 2. The highest BCUT2D eigenvalue weighted by Crippen LogP contribution is 2.42. The zero-order valence-electron chi connectivity index (χ0n) is 13.1. The van der Waals surface area contributed by atoms with E-state index in [2.05, 4.69) is 42.5 Å². The summed E-state index contributed by atoms with van der Waals surface area (Å²) >= 11 is 3.39. The lowest BCUT2D eigenvalue weighted by Crippen LogP contribution is -1.93. The molecule has 1 aliphatic heterocycles. The Morgan fingerprint density at radius 3 is 2.54 bits per heavy atom. The van der Waals surface area contributed by atoms with Crippen LogP contribution in [0.3, 0.4) is 0 Å². The van der Waals surface area contributed by atoms with E-state index in [0.29, 0.717) is 11.5 Å². The highest BCUT2D eigenvalue weighted by molar-refractivity contribution is 9.10. The number of pyridine rings is 1. The molecule has 0 saturated heterocycles. The van der Waals surface area contributed by atoms with Crippen molar-refractivity contribution < 1.29 is 9.47 Å². The van der Waals surface area contributed by atoms with Crippen molar-refractivity contribution in [2.24, 2.45) is 0 Å². The molecule has 3 N–H and O–H groups in total. The van der Waals surface area contributed by atoms with Gasteiger partial charge in [-0.2, -0.15) is 0 Å². The molecule has 2 aliphatic rings. The molecule has 1 aromatic carbocycles. The van der Waals surface area contributed by atoms with Crippen LogP contribution < -0.4 is 14.8 Å². The zero-order chi connectivity index (χ0) is 16.7. The van der Waals surface area contributed by atoms with E-state index in [-0.39, 0.29) is 0 Å². The highest BCUT2D eigenvalue weighted by Gasteiger charge is 2.19. The van der Waals surface area contributed by atoms with Gasteiger partial charge in [-0.25, -0.2) is 4.98 Å². The maximum Gasteiger partial charge on any atom is 0.161 e. The predicted octanol–water partition coefficient (Wildman–Crippen LogP) is 4.52. The highest BCUT2D eigenvalue weighted by atomic mass is 79.9. The number of anilines is 2. The number of aromatic amines is 2. The Labute approximate surface area is 146 Å². The molecular formula is C17H15BrN4O2. The maximum absolute atomic E-state index is 5.40. The van der Waals surface area contributed by atoms with E-state index >= 15 is 0 Å². The lowest BCUT2D eigenvalue weighted by molar-refractivity contribution is 0.356. The number of aromatic nitrogens is 3. The first-order chi connectivity index (χ1) is 11.7. The summed E-state index contributed by atoms with van der Waals surface area (Å²) in [5, 5.41) is 11.8. The van der Waals surface area contributed by atoms with E-state index in [4.69, 9.17) is 9.47 Å². The van der Waals surface area contributed by atoms with E-state index in [1.165, 1.54) is 0 Å². The quantitative estimate of drug-likeness (QED) is 0.481. The van der Waals surface area contributed by atoms with Crippen molar-refractivity contribution in [2.75, 3.05) is 19.5 Å². The van der Waals surface area contributed by atoms with Crippen LogP contribution in [0.15, 0.2) is 41.0 Å². The molecule has 6 nitrogen and oxygen atoms in total. The fraction of sp³-hybridized carbons (Fsp3) is 0.118. The van der Waals surface area contributed by atoms with E-state index in [1.807, 2.05) is 24.3 Å². The average molecular weight is 387 g/mol. The van der Waals surface area contributed by atoms with Gasteiger partial charge in [0.15, 0.2) is 11.5 Å². The summed E-state index contributed by atoms with van der Waals surface area (Å²) in [4.78, 5) is 4.34. The first-order valence-electron chi connectivity index (χ1n) is 7.33. The molecule has 2 aromatic rings. The second-order valence-electron chi connectivity index (χ2n) is 5.34. The van der Waals surface area contributed by atoms with Gasteiger partial charge in [0.1, 0.15) is 11.6 Å². The van der Waals surface area contributed by atoms with Crippen LogP contribution in [0.4, 0.5) is 11.6 Å². The van der Waals surface area contributed by atoms with Gasteiger partial charge in [-0.05, 0) is 51.6 Å². The second-order valence-corrected chi connectivity index (χ2v) is 6.25. The van der Waals surface area contributed by atoms with Crippen molar-refractivity contribution in [1.82, 2.24) is 15.2 Å². The molecule has 0 atom stereocenters. The van der Waals surface area contributed by atoms with Crippen molar-refractivity contribution in [3.63, 3.8) is 0 Å². The molecule has 1 aromatic heterocycles. The van der Waals surface area contributed by atoms with Crippen LogP contribution in [0.1, 0.15) is 0 Å². The van der Waals surface area contributed by atoms with E-state index < -0.39 is 0 Å². The van der Waals surface area contributed by atoms with E-state index in [0.717, 1.165) is 38.1 Å². The van der Waals surface area contributed by atoms with Crippen molar-refractivity contribution in [3.8, 4) is 22.8 Å². The van der Waals surface area contributed by atoms with Crippen LogP contribution in [0.2, 0.25) is 0 Å². The van der Waals surface area contributed by atoms with Gasteiger partial charge in [-0.3, -0.25) is 10.2 Å². The first kappa shape index (κ1) is 14.9. The maximum atomic E-state index is 5.40. The molecule has 24 heavy (non-hydrogen) atoms. The molecule has 0 radical (unpaired) electrons. The number of fused-ring (bicyclic) bond motifs is 3. The minimum Gasteiger partial charge on any atom is -0.493 e. The molecule has 0 bridgehead atoms. The smallest absolute Gasteiger partial charge is 0.161 e. The minimum absolute atomic E-state index is 0.705. The summed E-state index contributed by atoms with van der Waals surface area (Å²) in [6.07, 6.45) is 1.75. The van der Waals surface area contributed by atoms with E-state index in [9.17, 15) is 0 Å². The SMILES string of the molecule is COc1cc2cc3c(Nc4ccc(Br)cn4)[nH][nH]c-3c2cc1OC. The molecule has 0 fully saturated rings. The van der Waals surface area contributed by atoms with Crippen LogP contribution in [0.25, 0.3) is 22.0 Å². The Morgan fingerprint density at radius 1 is 1.04 bits per heavy atom. The summed E-state index contributed by atoms with van der Waals surface area (Å²) in [6.45, 7) is 0. The van der Waals surface area contributed by atoms with Gasteiger partial charge >= 0.3 is 0 Å². The number of hydrogen-bond acceptors (Lipinski definition) is 4. The predicted molar refractivity (Wildman–Crippen MR) is 97.6 cm³/mol. The topological polar surface area (TPSA) is 75.0 Å². The van der Waals surface area contributed by atoms with Crippen LogP contribution in [-0.2, 0) is 0 Å². The van der Waals surface area contributed by atoms with Crippen LogP contribution in [-0.4, -0.2) is 29.4 Å². The second kappa shape index (κ2) is 5.76. The van der Waals surface area contributed by atoms with Crippen LogP contribution >= 0.6 is 15.9 Å². The number of nitrogens with one attached hydrogen (secondary N) is 3. The number of nitrogens with zero attached hydrogens (tertiary/aromatic N) is 1. The average Bonchev–Trinajstić information content (AvgIpc) is 3.15. The first-order valence-corrected chi connectivity index (χ1v) is 8.12. The van der Waals surface area contributed by atoms with Gasteiger partial charge in [0, 0.05) is 21.6 Å². The molecule has 4 rings (SSSR count). The van der Waals surface area contributed by atoms with Gasteiger partial charge in [-0.15, -0.1) is 0 Å². The van der Waals surface area contributed by atoms with Gasteiger partial charge in [-0.1, -0.05) is 0 Å². The molecule has 0 saturated carbocycles. The molecule has 0 spiro atoms. The third kappa shape index (κ3) is 2.37. The summed E-state index contributed by atoms with van der Waals surface area (Å²) in [5.41, 5.74) is 2.05. The van der Waals surface area contributed by atoms with Crippen molar-refractivity contribution in [1.29, 1.82) is 0 Å². The fourth-order valence-corrected chi connectivity index (χ4v) is 3.04. The molecule has 7 heteroatoms. The third-order valence-corrected chi connectivity index (χ3v) is 4.43. The van der Waals surface area contributed by atoms with Crippen LogP contribution in [0.5, 0.6) is 11.5 Å². The number of ether oxygens (including phenoxy) is 2. The van der Waals surface area contributed by atoms with Crippen LogP contribution in [0, 0.1) is 0 Å². The number of benzene rings is 1.